The van der Waals surface area contributed by atoms with Gasteiger partial charge in [0.05, 0.1) is 16.7 Å². The number of nitrogens with one attached hydrogen (secondary N) is 1. The molecule has 1 fully saturated rings. The lowest BCUT2D eigenvalue weighted by Crippen LogP contribution is -2.39. The molecule has 0 radical (unpaired) electrons. The summed E-state index contributed by atoms with van der Waals surface area (Å²) < 4.78 is 0. The molecule has 2 aliphatic rings. The Morgan fingerprint density at radius 3 is 2.90 bits per heavy atom. The molecule has 0 bridgehead atoms. The Balaban J connectivity index is 1.37. The lowest BCUT2D eigenvalue weighted by Gasteiger charge is -2.33. The zero-order valence-electron chi connectivity index (χ0n) is 16.8. The van der Waals surface area contributed by atoms with Gasteiger partial charge in [0.2, 0.25) is 5.95 Å². The molecule has 2 aliphatic heterocycles. The van der Waals surface area contributed by atoms with Crippen molar-refractivity contribution in [3.05, 3.63) is 57.8 Å². The van der Waals surface area contributed by atoms with E-state index < -0.39 is 0 Å². The highest BCUT2D eigenvalue weighted by Crippen LogP contribution is 2.23. The second-order valence-electron chi connectivity index (χ2n) is 8.35. The first kappa shape index (κ1) is 18.2. The second kappa shape index (κ2) is 7.55. The highest BCUT2D eigenvalue weighted by atomic mass is 16.1. The third-order valence-corrected chi connectivity index (χ3v) is 6.04. The Hall–Kier alpha value is -2.80. The van der Waals surface area contributed by atoms with Gasteiger partial charge in [0.15, 0.2) is 0 Å². The van der Waals surface area contributed by atoms with E-state index in [0.717, 1.165) is 67.3 Å². The van der Waals surface area contributed by atoms with E-state index in [2.05, 4.69) is 43.8 Å². The first-order valence-corrected chi connectivity index (χ1v) is 10.4. The molecule has 1 N–H and O–H groups in total. The largest absolute Gasteiger partial charge is 0.342 e. The Morgan fingerprint density at radius 2 is 2.03 bits per heavy atom. The van der Waals surface area contributed by atoms with Crippen molar-refractivity contribution in [2.24, 2.45) is 5.92 Å². The molecule has 1 saturated heterocycles. The Bertz CT molecular complexity index is 1090. The van der Waals surface area contributed by atoms with E-state index in [1.807, 2.05) is 6.07 Å². The van der Waals surface area contributed by atoms with Gasteiger partial charge in [-0.15, -0.1) is 0 Å². The minimum absolute atomic E-state index is 0.0313. The molecular formula is C22H26N6O. The molecule has 0 unspecified atom stereocenters. The van der Waals surface area contributed by atoms with Gasteiger partial charge >= 0.3 is 0 Å². The van der Waals surface area contributed by atoms with Crippen LogP contribution in [-0.2, 0) is 19.5 Å². The predicted molar refractivity (Wildman–Crippen MR) is 113 cm³/mol. The smallest absolute Gasteiger partial charge is 0.255 e. The molecule has 7 nitrogen and oxygen atoms in total. The Morgan fingerprint density at radius 1 is 1.17 bits per heavy atom. The minimum atomic E-state index is 0.0313. The Kier molecular flexibility index (Phi) is 4.75. The van der Waals surface area contributed by atoms with Crippen LogP contribution in [0.4, 0.5) is 5.95 Å². The minimum Gasteiger partial charge on any atom is -0.342 e. The summed E-state index contributed by atoms with van der Waals surface area (Å²) in [6.07, 6.45) is 6.58. The van der Waals surface area contributed by atoms with Crippen LogP contribution in [0, 0.1) is 5.92 Å². The maximum absolute atomic E-state index is 12.7. The van der Waals surface area contributed by atoms with E-state index in [9.17, 15) is 4.79 Å². The van der Waals surface area contributed by atoms with Gasteiger partial charge in [-0.2, -0.15) is 0 Å². The van der Waals surface area contributed by atoms with Crippen molar-refractivity contribution in [1.82, 2.24) is 24.8 Å². The Labute approximate surface area is 169 Å². The summed E-state index contributed by atoms with van der Waals surface area (Å²) >= 11 is 0. The average molecular weight is 390 g/mol. The summed E-state index contributed by atoms with van der Waals surface area (Å²) in [4.78, 5) is 33.9. The van der Waals surface area contributed by atoms with Crippen molar-refractivity contribution in [3.8, 4) is 0 Å². The quantitative estimate of drug-likeness (QED) is 0.740. The number of fused-ring (bicyclic) bond motifs is 2. The molecule has 29 heavy (non-hydrogen) atoms. The number of aromatic nitrogens is 4. The van der Waals surface area contributed by atoms with Crippen LogP contribution in [0.3, 0.4) is 0 Å². The van der Waals surface area contributed by atoms with Crippen LogP contribution < -0.4 is 10.5 Å². The van der Waals surface area contributed by atoms with Crippen molar-refractivity contribution in [1.29, 1.82) is 0 Å². The van der Waals surface area contributed by atoms with Crippen LogP contribution in [0.15, 0.2) is 35.4 Å². The average Bonchev–Trinajstić information content (AvgIpc) is 2.73. The third kappa shape index (κ3) is 3.74. The molecule has 0 spiro atoms. The van der Waals surface area contributed by atoms with Crippen LogP contribution in [0.1, 0.15) is 36.6 Å². The van der Waals surface area contributed by atoms with Gasteiger partial charge in [-0.3, -0.25) is 24.6 Å². The van der Waals surface area contributed by atoms with Gasteiger partial charge in [-0.05, 0) is 42.9 Å². The predicted octanol–water partition coefficient (Wildman–Crippen LogP) is 2.51. The topological polar surface area (TPSA) is 78.0 Å². The molecule has 4 heterocycles. The number of benzene rings is 1. The fraction of sp³-hybridized carbons (Fsp3) is 0.455. The number of aromatic amines is 1. The summed E-state index contributed by atoms with van der Waals surface area (Å²) in [6.45, 7) is 6.57. The van der Waals surface area contributed by atoms with E-state index >= 15 is 0 Å². The lowest BCUT2D eigenvalue weighted by atomic mass is 10.0. The van der Waals surface area contributed by atoms with Gasteiger partial charge in [-0.25, -0.2) is 4.98 Å². The van der Waals surface area contributed by atoms with Gasteiger partial charge in [0.25, 0.3) is 5.56 Å². The highest BCUT2D eigenvalue weighted by molar-refractivity contribution is 5.74. The first-order chi connectivity index (χ1) is 14.2. The maximum Gasteiger partial charge on any atom is 0.255 e. The number of hydrogen-bond acceptors (Lipinski definition) is 6. The number of hydrogen-bond donors (Lipinski definition) is 1. The molecule has 3 aromatic rings. The number of rotatable bonds is 3. The number of piperidine rings is 1. The van der Waals surface area contributed by atoms with Gasteiger partial charge in [0.1, 0.15) is 0 Å². The molecule has 2 aromatic heterocycles. The van der Waals surface area contributed by atoms with Crippen molar-refractivity contribution >= 4 is 17.0 Å². The maximum atomic E-state index is 12.7. The number of nitrogens with zero attached hydrogens (tertiary/aromatic N) is 5. The molecule has 7 heteroatoms. The summed E-state index contributed by atoms with van der Waals surface area (Å²) in [6, 6.07) is 6.23. The monoisotopic (exact) mass is 390 g/mol. The highest BCUT2D eigenvalue weighted by Gasteiger charge is 2.24. The van der Waals surface area contributed by atoms with Crippen molar-refractivity contribution in [2.45, 2.75) is 39.3 Å². The van der Waals surface area contributed by atoms with Gasteiger partial charge in [0, 0.05) is 50.7 Å². The molecule has 0 amide bonds. The SMILES string of the molecule is C[C@@H]1CCCN(c2nc3c(c(=O)[nH]2)CCN(Cc2ccc4nccnc4c2)C3)C1. The molecule has 5 rings (SSSR count). The van der Waals surface area contributed by atoms with Crippen LogP contribution in [0.2, 0.25) is 0 Å². The van der Waals surface area contributed by atoms with Crippen LogP contribution in [0.25, 0.3) is 11.0 Å². The van der Waals surface area contributed by atoms with Crippen LogP contribution in [0.5, 0.6) is 0 Å². The summed E-state index contributed by atoms with van der Waals surface area (Å²) in [7, 11) is 0. The van der Waals surface area contributed by atoms with Crippen LogP contribution >= 0.6 is 0 Å². The molecule has 1 atom stereocenters. The standard InChI is InChI=1S/C22H26N6O/c1-15-3-2-9-28(12-15)22-25-20-14-27(10-6-17(20)21(29)26-22)13-16-4-5-18-19(11-16)24-8-7-23-18/h4-5,7-8,11,15H,2-3,6,9-10,12-14H2,1H3,(H,25,26,29)/t15-/m1/s1. The molecule has 1 aromatic carbocycles. The zero-order chi connectivity index (χ0) is 19.8. The van der Waals surface area contributed by atoms with Crippen LogP contribution in [-0.4, -0.2) is 44.5 Å². The normalized spacial score (nSPS) is 20.0. The lowest BCUT2D eigenvalue weighted by molar-refractivity contribution is 0.240. The molecule has 150 valence electrons. The van der Waals surface area contributed by atoms with Gasteiger partial charge in [-0.1, -0.05) is 13.0 Å². The number of anilines is 1. The second-order valence-corrected chi connectivity index (χ2v) is 8.35. The van der Waals surface area contributed by atoms with Crippen molar-refractivity contribution < 1.29 is 0 Å². The van der Waals surface area contributed by atoms with Crippen molar-refractivity contribution in [3.63, 3.8) is 0 Å². The van der Waals surface area contributed by atoms with E-state index in [0.29, 0.717) is 12.5 Å². The summed E-state index contributed by atoms with van der Waals surface area (Å²) in [5.74, 6) is 1.38. The summed E-state index contributed by atoms with van der Waals surface area (Å²) in [5, 5.41) is 0. The first-order valence-electron chi connectivity index (χ1n) is 10.4. The van der Waals surface area contributed by atoms with Gasteiger partial charge < -0.3 is 4.90 Å². The van der Waals surface area contributed by atoms with E-state index in [1.165, 1.54) is 12.0 Å². The zero-order valence-corrected chi connectivity index (χ0v) is 16.8. The molecule has 0 saturated carbocycles. The molecular weight excluding hydrogens is 364 g/mol. The fourth-order valence-corrected chi connectivity index (χ4v) is 4.51. The van der Waals surface area contributed by atoms with E-state index in [4.69, 9.17) is 4.98 Å². The fourth-order valence-electron chi connectivity index (χ4n) is 4.51. The van der Waals surface area contributed by atoms with E-state index in [1.54, 1.807) is 12.4 Å². The third-order valence-electron chi connectivity index (χ3n) is 6.04. The van der Waals surface area contributed by atoms with Crippen molar-refractivity contribution in [2.75, 3.05) is 24.5 Å². The summed E-state index contributed by atoms with van der Waals surface area (Å²) in [5.41, 5.74) is 4.83. The molecule has 0 aliphatic carbocycles. The number of H-pyrrole nitrogens is 1. The van der Waals surface area contributed by atoms with E-state index in [-0.39, 0.29) is 5.56 Å².